The van der Waals surface area contributed by atoms with Gasteiger partial charge in [-0.1, -0.05) is 18.2 Å². The van der Waals surface area contributed by atoms with E-state index in [-0.39, 0.29) is 10.5 Å². The summed E-state index contributed by atoms with van der Waals surface area (Å²) in [7, 11) is -3.68. The van der Waals surface area contributed by atoms with E-state index in [4.69, 9.17) is 5.11 Å². The van der Waals surface area contributed by atoms with Crippen LogP contribution >= 0.6 is 11.8 Å². The highest BCUT2D eigenvalue weighted by Crippen LogP contribution is 2.33. The number of rotatable bonds is 2. The Morgan fingerprint density at radius 1 is 1.19 bits per heavy atom. The van der Waals surface area contributed by atoms with Crippen molar-refractivity contribution in [1.29, 1.82) is 0 Å². The van der Waals surface area contributed by atoms with Crippen LogP contribution in [0.3, 0.4) is 0 Å². The van der Waals surface area contributed by atoms with E-state index >= 15 is 0 Å². The Morgan fingerprint density at radius 2 is 1.95 bits per heavy atom. The number of carboxylic acids is 1. The Hall–Kier alpha value is -2.19. The van der Waals surface area contributed by atoms with Gasteiger partial charge in [0.2, 0.25) is 0 Å². The minimum Gasteiger partial charge on any atom is -0.478 e. The van der Waals surface area contributed by atoms with Crippen LogP contribution in [0.15, 0.2) is 56.9 Å². The number of sulfonamides is 1. The van der Waals surface area contributed by atoms with Crippen LogP contribution < -0.4 is 0 Å². The molecule has 8 heteroatoms. The van der Waals surface area contributed by atoms with Crippen LogP contribution in [0.2, 0.25) is 0 Å². The van der Waals surface area contributed by atoms with Crippen molar-refractivity contribution in [2.75, 3.05) is 0 Å². The third-order valence-electron chi connectivity index (χ3n) is 2.78. The zero-order valence-electron chi connectivity index (χ0n) is 10.4. The zero-order chi connectivity index (χ0) is 15.0. The number of pyridine rings is 1. The largest absolute Gasteiger partial charge is 0.478 e. The van der Waals surface area contributed by atoms with Crippen molar-refractivity contribution in [2.45, 2.75) is 9.92 Å². The lowest BCUT2D eigenvalue weighted by Crippen LogP contribution is -1.98. The van der Waals surface area contributed by atoms with Gasteiger partial charge in [-0.05, 0) is 30.0 Å². The predicted octanol–water partition coefficient (Wildman–Crippen LogP) is 2.02. The molecule has 0 bridgehead atoms. The first-order valence-electron chi connectivity index (χ1n) is 5.79. The summed E-state index contributed by atoms with van der Waals surface area (Å²) in [5.74, 6) is -1.07. The van der Waals surface area contributed by atoms with E-state index in [1.807, 2.05) is 0 Å². The summed E-state index contributed by atoms with van der Waals surface area (Å²) < 4.78 is 27.5. The lowest BCUT2D eigenvalue weighted by Gasteiger charge is -2.02. The third-order valence-corrected chi connectivity index (χ3v) is 5.17. The maximum Gasteiger partial charge on any atom is 0.335 e. The predicted molar refractivity (Wildman–Crippen MR) is 77.2 cm³/mol. The Kier molecular flexibility index (Phi) is 3.26. The topological polar surface area (TPSA) is 96.7 Å². The van der Waals surface area contributed by atoms with Crippen molar-refractivity contribution < 1.29 is 18.3 Å². The van der Waals surface area contributed by atoms with Crippen LogP contribution in [0.1, 0.15) is 15.9 Å². The van der Waals surface area contributed by atoms with Crippen LogP contribution in [0, 0.1) is 0 Å². The van der Waals surface area contributed by atoms with Gasteiger partial charge in [-0.25, -0.2) is 9.78 Å². The Bertz CT molecular complexity index is 875. The molecule has 1 aliphatic heterocycles. The molecule has 1 aromatic carbocycles. The molecule has 3 rings (SSSR count). The molecule has 0 spiro atoms. The van der Waals surface area contributed by atoms with Crippen molar-refractivity contribution in [1.82, 2.24) is 4.98 Å². The average molecular weight is 320 g/mol. The maximum atomic E-state index is 11.9. The fourth-order valence-corrected chi connectivity index (χ4v) is 4.25. The van der Waals surface area contributed by atoms with Gasteiger partial charge in [0.25, 0.3) is 10.0 Å². The average Bonchev–Trinajstić information content (AvgIpc) is 2.71. The lowest BCUT2D eigenvalue weighted by molar-refractivity contribution is 0.0696. The third kappa shape index (κ3) is 2.55. The van der Waals surface area contributed by atoms with Gasteiger partial charge in [0.05, 0.1) is 10.5 Å². The van der Waals surface area contributed by atoms with Crippen molar-refractivity contribution in [3.05, 3.63) is 53.7 Å². The number of aromatic carboxylic acids is 1. The first kappa shape index (κ1) is 13.8. The number of carboxylic acid groups (broad SMARTS) is 1. The van der Waals surface area contributed by atoms with Crippen molar-refractivity contribution in [3.63, 3.8) is 0 Å². The Balaban J connectivity index is 2.00. The van der Waals surface area contributed by atoms with Crippen LogP contribution in [-0.4, -0.2) is 29.5 Å². The smallest absolute Gasteiger partial charge is 0.335 e. The number of hydrogen-bond acceptors (Lipinski definition) is 5. The molecule has 0 fully saturated rings. The summed E-state index contributed by atoms with van der Waals surface area (Å²) in [6.07, 6.45) is 1.36. The van der Waals surface area contributed by atoms with Gasteiger partial charge in [-0.2, -0.15) is 12.8 Å². The quantitative estimate of drug-likeness (QED) is 0.909. The highest BCUT2D eigenvalue weighted by atomic mass is 32.2. The van der Waals surface area contributed by atoms with Gasteiger partial charge >= 0.3 is 5.97 Å². The number of hydrogen-bond donors (Lipinski definition) is 1. The van der Waals surface area contributed by atoms with E-state index < -0.39 is 16.0 Å². The second-order valence-electron chi connectivity index (χ2n) is 4.16. The van der Waals surface area contributed by atoms with E-state index in [2.05, 4.69) is 9.38 Å². The van der Waals surface area contributed by atoms with Crippen molar-refractivity contribution in [3.8, 4) is 0 Å². The number of fused-ring (bicyclic) bond motifs is 1. The molecule has 6 nitrogen and oxygen atoms in total. The summed E-state index contributed by atoms with van der Waals surface area (Å²) in [5, 5.41) is 9.62. The molecule has 1 N–H and O–H groups in total. The molecule has 0 saturated heterocycles. The molecule has 0 aliphatic carbocycles. The van der Waals surface area contributed by atoms with E-state index in [0.717, 1.165) is 11.8 Å². The van der Waals surface area contributed by atoms with Crippen LogP contribution in [0.25, 0.3) is 0 Å². The summed E-state index contributed by atoms with van der Waals surface area (Å²) in [6.45, 7) is 0. The van der Waals surface area contributed by atoms with E-state index in [1.54, 1.807) is 18.2 Å². The molecule has 0 unspecified atom stereocenters. The number of thioether (sulfide) groups is 1. The lowest BCUT2D eigenvalue weighted by atomic mass is 10.2. The monoisotopic (exact) mass is 320 g/mol. The van der Waals surface area contributed by atoms with E-state index in [0.29, 0.717) is 15.6 Å². The molecule has 0 atom stereocenters. The molecule has 2 aromatic rings. The highest BCUT2D eigenvalue weighted by molar-refractivity contribution is 8.15. The SMILES string of the molecule is O=C(O)c1ccnc(SC2=NS(=O)(=O)c3ccccc32)c1. The number of benzene rings is 1. The summed E-state index contributed by atoms with van der Waals surface area (Å²) in [5.41, 5.74) is 0.590. The van der Waals surface area contributed by atoms with Crippen LogP contribution in [0.4, 0.5) is 0 Å². The summed E-state index contributed by atoms with van der Waals surface area (Å²) in [6, 6.07) is 9.24. The molecule has 0 saturated carbocycles. The molecular weight excluding hydrogens is 312 g/mol. The first-order chi connectivity index (χ1) is 9.97. The number of carbonyl (C=O) groups is 1. The zero-order valence-corrected chi connectivity index (χ0v) is 12.1. The van der Waals surface area contributed by atoms with Gasteiger partial charge in [-0.15, -0.1) is 0 Å². The minimum atomic E-state index is -3.68. The molecule has 0 amide bonds. The molecule has 1 aromatic heterocycles. The highest BCUT2D eigenvalue weighted by Gasteiger charge is 2.29. The summed E-state index contributed by atoms with van der Waals surface area (Å²) in [4.78, 5) is 15.1. The Labute approximate surface area is 124 Å². The number of aromatic nitrogens is 1. The normalized spacial score (nSPS) is 15.3. The van der Waals surface area contributed by atoms with Crippen molar-refractivity contribution in [2.24, 2.45) is 4.40 Å². The van der Waals surface area contributed by atoms with E-state index in [1.165, 1.54) is 24.4 Å². The van der Waals surface area contributed by atoms with Gasteiger partial charge in [-0.3, -0.25) is 0 Å². The fourth-order valence-electron chi connectivity index (χ4n) is 1.85. The minimum absolute atomic E-state index is 0.0854. The van der Waals surface area contributed by atoms with Crippen LogP contribution in [-0.2, 0) is 10.0 Å². The number of nitrogens with zero attached hydrogens (tertiary/aromatic N) is 2. The second kappa shape index (κ2) is 4.97. The second-order valence-corrected chi connectivity index (χ2v) is 6.74. The van der Waals surface area contributed by atoms with Gasteiger partial charge in [0, 0.05) is 11.8 Å². The van der Waals surface area contributed by atoms with Gasteiger partial charge in [0.15, 0.2) is 0 Å². The maximum absolute atomic E-state index is 11.9. The van der Waals surface area contributed by atoms with Crippen molar-refractivity contribution >= 4 is 32.8 Å². The summed E-state index contributed by atoms with van der Waals surface area (Å²) >= 11 is 1.02. The van der Waals surface area contributed by atoms with E-state index in [9.17, 15) is 13.2 Å². The van der Waals surface area contributed by atoms with Gasteiger partial charge in [0.1, 0.15) is 10.1 Å². The molecule has 21 heavy (non-hydrogen) atoms. The standard InChI is InChI=1S/C13H8N2O4S2/c16-13(17)8-5-6-14-11(7-8)20-12-9-3-1-2-4-10(9)21(18,19)15-12/h1-7H,(H,16,17). The Morgan fingerprint density at radius 3 is 2.71 bits per heavy atom. The fraction of sp³-hybridized carbons (Fsp3) is 0. The van der Waals surface area contributed by atoms with Gasteiger partial charge < -0.3 is 5.11 Å². The molecule has 1 aliphatic rings. The molecule has 106 valence electrons. The van der Waals surface area contributed by atoms with Crippen LogP contribution in [0.5, 0.6) is 0 Å². The first-order valence-corrected chi connectivity index (χ1v) is 8.04. The molecular formula is C13H8N2O4S2. The molecule has 0 radical (unpaired) electrons. The molecule has 2 heterocycles.